The minimum absolute atomic E-state index is 0.0805. The SMILES string of the molecule is CC1(CN(C(=O)O)c2cc(C(C)(C)C#N)no2)CCCC(C)(Cn2cnc3ccc(C#N)cc32)C1. The van der Waals surface area contributed by atoms with Gasteiger partial charge in [0.15, 0.2) is 0 Å². The first-order valence-electron chi connectivity index (χ1n) is 11.7. The maximum absolute atomic E-state index is 12.2. The van der Waals surface area contributed by atoms with E-state index in [2.05, 4.69) is 40.7 Å². The van der Waals surface area contributed by atoms with Crippen molar-refractivity contribution in [2.75, 3.05) is 11.4 Å². The molecule has 2 unspecified atom stereocenters. The highest BCUT2D eigenvalue weighted by atomic mass is 16.5. The number of imidazole rings is 1. The molecule has 35 heavy (non-hydrogen) atoms. The number of fused-ring (bicyclic) bond motifs is 1. The first-order chi connectivity index (χ1) is 16.5. The standard InChI is InChI=1S/C26H30N6O3/c1-24(2,14-28)21-11-22(35-30-21)32(23(33)34)16-26(4)9-5-8-25(3,13-26)15-31-17-29-19-7-6-18(12-27)10-20(19)31/h6-7,10-11,17H,5,8-9,13,15-16H2,1-4H3,(H,33,34). The number of aromatic nitrogens is 3. The molecule has 1 aliphatic rings. The molecule has 0 radical (unpaired) electrons. The molecule has 1 amide bonds. The van der Waals surface area contributed by atoms with Gasteiger partial charge in [0.05, 0.1) is 40.5 Å². The average molecular weight is 475 g/mol. The summed E-state index contributed by atoms with van der Waals surface area (Å²) >= 11 is 0. The average Bonchev–Trinajstić information content (AvgIpc) is 3.45. The van der Waals surface area contributed by atoms with Gasteiger partial charge in [0.25, 0.3) is 0 Å². The lowest BCUT2D eigenvalue weighted by Gasteiger charge is -2.46. The lowest BCUT2D eigenvalue weighted by Crippen LogP contribution is -2.45. The van der Waals surface area contributed by atoms with Crippen LogP contribution in [0, 0.1) is 33.5 Å². The number of hydrogen-bond donors (Lipinski definition) is 1. The number of anilines is 1. The van der Waals surface area contributed by atoms with Crippen molar-refractivity contribution in [3.63, 3.8) is 0 Å². The molecule has 9 nitrogen and oxygen atoms in total. The summed E-state index contributed by atoms with van der Waals surface area (Å²) in [4.78, 5) is 17.9. The number of amides is 1. The molecule has 1 aromatic carbocycles. The van der Waals surface area contributed by atoms with Gasteiger partial charge in [0.1, 0.15) is 5.69 Å². The summed E-state index contributed by atoms with van der Waals surface area (Å²) in [5.74, 6) is 0.133. The van der Waals surface area contributed by atoms with Crippen LogP contribution in [0.25, 0.3) is 11.0 Å². The zero-order valence-electron chi connectivity index (χ0n) is 20.6. The first-order valence-corrected chi connectivity index (χ1v) is 11.7. The molecule has 4 rings (SSSR count). The van der Waals surface area contributed by atoms with Gasteiger partial charge in [-0.25, -0.2) is 14.7 Å². The quantitative estimate of drug-likeness (QED) is 0.501. The predicted molar refractivity (Wildman–Crippen MR) is 130 cm³/mol. The van der Waals surface area contributed by atoms with Gasteiger partial charge >= 0.3 is 6.09 Å². The summed E-state index contributed by atoms with van der Waals surface area (Å²) in [7, 11) is 0. The third kappa shape index (κ3) is 4.85. The molecule has 1 N–H and O–H groups in total. The van der Waals surface area contributed by atoms with Crippen LogP contribution in [0.1, 0.15) is 64.6 Å². The molecular weight excluding hydrogens is 444 g/mol. The Kier molecular flexibility index (Phi) is 6.06. The summed E-state index contributed by atoms with van der Waals surface area (Å²) in [6.07, 6.45) is 4.39. The van der Waals surface area contributed by atoms with Crippen molar-refractivity contribution < 1.29 is 14.4 Å². The molecule has 2 aromatic heterocycles. The van der Waals surface area contributed by atoms with Crippen LogP contribution < -0.4 is 4.90 Å². The maximum Gasteiger partial charge on any atom is 0.414 e. The van der Waals surface area contributed by atoms with Crippen molar-refractivity contribution in [1.82, 2.24) is 14.7 Å². The van der Waals surface area contributed by atoms with E-state index in [4.69, 9.17) is 4.52 Å². The number of carboxylic acid groups (broad SMARTS) is 1. The van der Waals surface area contributed by atoms with Gasteiger partial charge in [-0.2, -0.15) is 10.5 Å². The minimum atomic E-state index is -1.11. The summed E-state index contributed by atoms with van der Waals surface area (Å²) in [5.41, 5.74) is 1.55. The predicted octanol–water partition coefficient (Wildman–Crippen LogP) is 5.47. The van der Waals surface area contributed by atoms with Gasteiger partial charge in [0, 0.05) is 19.2 Å². The van der Waals surface area contributed by atoms with Gasteiger partial charge in [-0.1, -0.05) is 25.4 Å². The van der Waals surface area contributed by atoms with E-state index >= 15 is 0 Å². The van der Waals surface area contributed by atoms with E-state index in [1.165, 1.54) is 4.90 Å². The highest BCUT2D eigenvalue weighted by Crippen LogP contribution is 2.48. The number of benzene rings is 1. The molecule has 9 heteroatoms. The first kappa shape index (κ1) is 24.3. The van der Waals surface area contributed by atoms with Gasteiger partial charge in [-0.15, -0.1) is 0 Å². The zero-order chi connectivity index (χ0) is 25.4. The van der Waals surface area contributed by atoms with Crippen molar-refractivity contribution in [2.24, 2.45) is 10.8 Å². The Bertz CT molecular complexity index is 1340. The second kappa shape index (κ2) is 8.74. The van der Waals surface area contributed by atoms with Gasteiger partial charge in [-0.3, -0.25) is 0 Å². The summed E-state index contributed by atoms with van der Waals surface area (Å²) in [5, 5.41) is 32.6. The van der Waals surface area contributed by atoms with E-state index in [9.17, 15) is 20.4 Å². The van der Waals surface area contributed by atoms with E-state index in [0.717, 1.165) is 43.3 Å². The molecule has 3 aromatic rings. The second-order valence-electron chi connectivity index (χ2n) is 11.0. The Morgan fingerprint density at radius 2 is 2.00 bits per heavy atom. The molecule has 0 saturated heterocycles. The van der Waals surface area contributed by atoms with E-state index < -0.39 is 11.5 Å². The van der Waals surface area contributed by atoms with Gasteiger partial charge in [0.2, 0.25) is 5.88 Å². The fourth-order valence-electron chi connectivity index (χ4n) is 5.45. The lowest BCUT2D eigenvalue weighted by atomic mass is 9.63. The van der Waals surface area contributed by atoms with E-state index in [-0.39, 0.29) is 23.3 Å². The number of nitrogens with zero attached hydrogens (tertiary/aromatic N) is 6. The zero-order valence-corrected chi connectivity index (χ0v) is 20.6. The van der Waals surface area contributed by atoms with Crippen LogP contribution >= 0.6 is 0 Å². The van der Waals surface area contributed by atoms with Crippen molar-refractivity contribution >= 4 is 23.0 Å². The Balaban J connectivity index is 1.56. The van der Waals surface area contributed by atoms with E-state index in [1.54, 1.807) is 26.0 Å². The van der Waals surface area contributed by atoms with Crippen LogP contribution in [0.3, 0.4) is 0 Å². The molecule has 0 spiro atoms. The van der Waals surface area contributed by atoms with Crippen molar-refractivity contribution in [3.8, 4) is 12.1 Å². The van der Waals surface area contributed by atoms with Crippen molar-refractivity contribution in [2.45, 2.75) is 65.3 Å². The van der Waals surface area contributed by atoms with Crippen LogP contribution in [-0.2, 0) is 12.0 Å². The summed E-state index contributed by atoms with van der Waals surface area (Å²) in [6, 6.07) is 11.4. The summed E-state index contributed by atoms with van der Waals surface area (Å²) in [6.45, 7) is 8.78. The molecular formula is C26H30N6O3. The molecule has 1 saturated carbocycles. The molecule has 0 aliphatic heterocycles. The monoisotopic (exact) mass is 474 g/mol. The molecule has 182 valence electrons. The van der Waals surface area contributed by atoms with Crippen molar-refractivity contribution in [3.05, 3.63) is 41.9 Å². The molecule has 1 fully saturated rings. The fraction of sp³-hybridized carbons (Fsp3) is 0.500. The van der Waals surface area contributed by atoms with Crippen molar-refractivity contribution in [1.29, 1.82) is 10.5 Å². The van der Waals surface area contributed by atoms with Crippen LogP contribution in [-0.4, -0.2) is 32.5 Å². The second-order valence-corrected chi connectivity index (χ2v) is 11.0. The number of carbonyl (C=O) groups is 1. The topological polar surface area (TPSA) is 132 Å². The van der Waals surface area contributed by atoms with E-state index in [0.29, 0.717) is 11.3 Å². The Labute approximate surface area is 204 Å². The van der Waals surface area contributed by atoms with Crippen LogP contribution in [0.2, 0.25) is 0 Å². The Morgan fingerprint density at radius 1 is 1.26 bits per heavy atom. The normalized spacial score (nSPS) is 22.5. The summed E-state index contributed by atoms with van der Waals surface area (Å²) < 4.78 is 7.48. The number of hydrogen-bond acceptors (Lipinski definition) is 6. The molecule has 1 aliphatic carbocycles. The molecule has 2 heterocycles. The van der Waals surface area contributed by atoms with Gasteiger partial charge < -0.3 is 14.2 Å². The Morgan fingerprint density at radius 3 is 2.69 bits per heavy atom. The smallest absolute Gasteiger partial charge is 0.414 e. The van der Waals surface area contributed by atoms with E-state index in [1.807, 2.05) is 18.5 Å². The van der Waals surface area contributed by atoms with Gasteiger partial charge in [-0.05, 0) is 62.1 Å². The minimum Gasteiger partial charge on any atom is -0.465 e. The highest BCUT2D eigenvalue weighted by molar-refractivity contribution is 5.84. The van der Waals surface area contributed by atoms with Crippen LogP contribution in [0.15, 0.2) is 35.1 Å². The van der Waals surface area contributed by atoms with Crippen LogP contribution in [0.5, 0.6) is 0 Å². The Hall–Kier alpha value is -3.85. The third-order valence-corrected chi connectivity index (χ3v) is 7.17. The van der Waals surface area contributed by atoms with Crippen LogP contribution in [0.4, 0.5) is 10.7 Å². The number of rotatable bonds is 6. The maximum atomic E-state index is 12.2. The fourth-order valence-corrected chi connectivity index (χ4v) is 5.45. The third-order valence-electron chi connectivity index (χ3n) is 7.17. The largest absolute Gasteiger partial charge is 0.465 e. The highest BCUT2D eigenvalue weighted by Gasteiger charge is 2.42. The number of nitriles is 2. The lowest BCUT2D eigenvalue weighted by molar-refractivity contribution is 0.0735. The molecule has 2 atom stereocenters. The molecule has 0 bridgehead atoms.